The molecule has 0 aromatic heterocycles. The van der Waals surface area contributed by atoms with Gasteiger partial charge in [0.1, 0.15) is 18.4 Å². The van der Waals surface area contributed by atoms with Crippen LogP contribution in [0.3, 0.4) is 0 Å². The molecule has 3 aromatic rings. The lowest BCUT2D eigenvalue weighted by molar-refractivity contribution is -0.139. The Morgan fingerprint density at radius 3 is 2.28 bits per heavy atom. The van der Waals surface area contributed by atoms with E-state index in [1.165, 1.54) is 49.5 Å². The molecule has 1 N–H and O–H groups in total. The van der Waals surface area contributed by atoms with Crippen molar-refractivity contribution in [3.63, 3.8) is 0 Å². The van der Waals surface area contributed by atoms with E-state index in [4.69, 9.17) is 9.47 Å². The van der Waals surface area contributed by atoms with Crippen molar-refractivity contribution in [3.05, 3.63) is 83.7 Å². The van der Waals surface area contributed by atoms with Gasteiger partial charge in [-0.1, -0.05) is 42.7 Å². The normalized spacial score (nSPS) is 14.2. The Labute approximate surface area is 252 Å². The zero-order chi connectivity index (χ0) is 31.1. The van der Waals surface area contributed by atoms with Gasteiger partial charge < -0.3 is 19.7 Å². The topological polar surface area (TPSA) is 105 Å². The van der Waals surface area contributed by atoms with Crippen LogP contribution < -0.4 is 19.1 Å². The lowest BCUT2D eigenvalue weighted by Crippen LogP contribution is -2.52. The highest BCUT2D eigenvalue weighted by atomic mass is 32.2. The number of methoxy groups -OCH3 is 2. The van der Waals surface area contributed by atoms with Gasteiger partial charge in [-0.05, 0) is 68.7 Å². The van der Waals surface area contributed by atoms with Crippen LogP contribution in [-0.4, -0.2) is 58.0 Å². The van der Waals surface area contributed by atoms with Gasteiger partial charge in [0.25, 0.3) is 10.0 Å². The van der Waals surface area contributed by atoms with Crippen molar-refractivity contribution in [1.82, 2.24) is 10.2 Å². The number of carbonyl (C=O) groups excluding carboxylic acids is 2. The highest BCUT2D eigenvalue weighted by molar-refractivity contribution is 7.92. The maximum atomic E-state index is 14.1. The minimum Gasteiger partial charge on any atom is -0.493 e. The van der Waals surface area contributed by atoms with E-state index < -0.39 is 34.3 Å². The van der Waals surface area contributed by atoms with E-state index in [1.54, 1.807) is 6.92 Å². The summed E-state index contributed by atoms with van der Waals surface area (Å²) < 4.78 is 53.5. The van der Waals surface area contributed by atoms with Gasteiger partial charge in [-0.25, -0.2) is 12.8 Å². The maximum absolute atomic E-state index is 14.1. The van der Waals surface area contributed by atoms with Gasteiger partial charge in [0.2, 0.25) is 11.8 Å². The zero-order valence-corrected chi connectivity index (χ0v) is 25.7. The van der Waals surface area contributed by atoms with Crippen LogP contribution in [0.5, 0.6) is 11.5 Å². The number of nitrogens with one attached hydrogen (secondary N) is 1. The lowest BCUT2D eigenvalue weighted by Gasteiger charge is -2.32. The zero-order valence-electron chi connectivity index (χ0n) is 24.9. The van der Waals surface area contributed by atoms with Crippen molar-refractivity contribution >= 4 is 27.5 Å². The minimum atomic E-state index is -4.37. The standard InChI is InChI=1S/C32H38FN3O6S/c1-22-8-7-9-24(18-22)20-35(23(2)32(38)34-26-10-5-6-11-26)31(37)21-36(27-14-12-25(33)13-15-27)43(39,40)28-16-17-29(41-3)30(19-28)42-4/h7-9,12-19,23,26H,5-6,10-11,20-21H2,1-4H3,(H,34,38)/t23-/m0/s1. The maximum Gasteiger partial charge on any atom is 0.264 e. The molecule has 3 aromatic carbocycles. The van der Waals surface area contributed by atoms with Gasteiger partial charge in [-0.15, -0.1) is 0 Å². The molecular formula is C32H38FN3O6S. The quantitative estimate of drug-likeness (QED) is 0.315. The Balaban J connectivity index is 1.71. The summed E-state index contributed by atoms with van der Waals surface area (Å²) in [5, 5.41) is 3.05. The number of nitrogens with zero attached hydrogens (tertiary/aromatic N) is 2. The molecule has 230 valence electrons. The number of hydrogen-bond donors (Lipinski definition) is 1. The SMILES string of the molecule is COc1ccc(S(=O)(=O)N(CC(=O)N(Cc2cccc(C)c2)[C@@H](C)C(=O)NC2CCCC2)c2ccc(F)cc2)cc1OC. The van der Waals surface area contributed by atoms with Gasteiger partial charge in [0.05, 0.1) is 24.8 Å². The van der Waals surface area contributed by atoms with E-state index in [0.29, 0.717) is 5.75 Å². The molecule has 11 heteroatoms. The summed E-state index contributed by atoms with van der Waals surface area (Å²) in [5.41, 5.74) is 1.87. The number of halogens is 1. The Kier molecular flexibility index (Phi) is 10.3. The van der Waals surface area contributed by atoms with E-state index >= 15 is 0 Å². The molecule has 0 heterocycles. The first-order valence-electron chi connectivity index (χ1n) is 14.2. The smallest absolute Gasteiger partial charge is 0.264 e. The van der Waals surface area contributed by atoms with Crippen molar-refractivity contribution in [3.8, 4) is 11.5 Å². The van der Waals surface area contributed by atoms with Gasteiger partial charge in [0.15, 0.2) is 11.5 Å². The molecule has 0 aliphatic heterocycles. The monoisotopic (exact) mass is 611 g/mol. The van der Waals surface area contributed by atoms with E-state index in [2.05, 4.69) is 5.32 Å². The Morgan fingerprint density at radius 1 is 0.977 bits per heavy atom. The highest BCUT2D eigenvalue weighted by Gasteiger charge is 2.34. The molecule has 1 saturated carbocycles. The second-order valence-corrected chi connectivity index (χ2v) is 12.5. The van der Waals surface area contributed by atoms with E-state index in [-0.39, 0.29) is 34.8 Å². The molecule has 0 unspecified atom stereocenters. The van der Waals surface area contributed by atoms with Crippen LogP contribution in [0.25, 0.3) is 0 Å². The molecule has 9 nitrogen and oxygen atoms in total. The number of anilines is 1. The molecule has 0 bridgehead atoms. The number of rotatable bonds is 12. The predicted octanol–water partition coefficient (Wildman–Crippen LogP) is 4.82. The number of aryl methyl sites for hydroxylation is 1. The van der Waals surface area contributed by atoms with Crippen LogP contribution >= 0.6 is 0 Å². The van der Waals surface area contributed by atoms with Gasteiger partial charge in [-0.2, -0.15) is 0 Å². The molecule has 2 amide bonds. The van der Waals surface area contributed by atoms with Crippen molar-refractivity contribution in [2.75, 3.05) is 25.1 Å². The lowest BCUT2D eigenvalue weighted by atomic mass is 10.1. The first-order chi connectivity index (χ1) is 20.5. The Morgan fingerprint density at radius 2 is 1.65 bits per heavy atom. The number of sulfonamides is 1. The predicted molar refractivity (Wildman–Crippen MR) is 162 cm³/mol. The number of benzene rings is 3. The fraction of sp³-hybridized carbons (Fsp3) is 0.375. The van der Waals surface area contributed by atoms with E-state index in [1.807, 2.05) is 31.2 Å². The molecule has 0 spiro atoms. The van der Waals surface area contributed by atoms with Gasteiger partial charge >= 0.3 is 0 Å². The van der Waals surface area contributed by atoms with E-state index in [0.717, 1.165) is 53.2 Å². The fourth-order valence-corrected chi connectivity index (χ4v) is 6.65. The summed E-state index contributed by atoms with van der Waals surface area (Å²) in [6, 6.07) is 15.7. The minimum absolute atomic E-state index is 0.0482. The molecular weight excluding hydrogens is 573 g/mol. The molecule has 0 saturated heterocycles. The number of carbonyl (C=O) groups is 2. The van der Waals surface area contributed by atoms with Crippen LogP contribution in [-0.2, 0) is 26.2 Å². The van der Waals surface area contributed by atoms with Crippen molar-refractivity contribution in [1.29, 1.82) is 0 Å². The molecule has 0 radical (unpaired) electrons. The Bertz CT molecular complexity index is 1540. The third-order valence-electron chi connectivity index (χ3n) is 7.64. The third kappa shape index (κ3) is 7.64. The second kappa shape index (κ2) is 13.9. The first-order valence-corrected chi connectivity index (χ1v) is 15.6. The largest absolute Gasteiger partial charge is 0.493 e. The van der Waals surface area contributed by atoms with Gasteiger partial charge in [-0.3, -0.25) is 13.9 Å². The highest BCUT2D eigenvalue weighted by Crippen LogP contribution is 2.32. The molecule has 1 fully saturated rings. The summed E-state index contributed by atoms with van der Waals surface area (Å²) in [6.07, 6.45) is 3.83. The van der Waals surface area contributed by atoms with Crippen LogP contribution in [0.15, 0.2) is 71.6 Å². The van der Waals surface area contributed by atoms with Crippen molar-refractivity contribution in [2.24, 2.45) is 0 Å². The average Bonchev–Trinajstić information content (AvgIpc) is 3.51. The van der Waals surface area contributed by atoms with Crippen molar-refractivity contribution in [2.45, 2.75) is 63.1 Å². The molecule has 1 atom stereocenters. The second-order valence-electron chi connectivity index (χ2n) is 10.7. The van der Waals surface area contributed by atoms with Crippen LogP contribution in [0.1, 0.15) is 43.7 Å². The average molecular weight is 612 g/mol. The summed E-state index contributed by atoms with van der Waals surface area (Å²) in [4.78, 5) is 28.7. The van der Waals surface area contributed by atoms with Crippen LogP contribution in [0.4, 0.5) is 10.1 Å². The third-order valence-corrected chi connectivity index (χ3v) is 9.41. The summed E-state index contributed by atoms with van der Waals surface area (Å²) in [7, 11) is -1.55. The van der Waals surface area contributed by atoms with E-state index in [9.17, 15) is 22.4 Å². The number of ether oxygens (including phenoxy) is 2. The molecule has 43 heavy (non-hydrogen) atoms. The number of hydrogen-bond acceptors (Lipinski definition) is 6. The summed E-state index contributed by atoms with van der Waals surface area (Å²) >= 11 is 0. The van der Waals surface area contributed by atoms with Gasteiger partial charge in [0, 0.05) is 18.7 Å². The number of amides is 2. The Hall–Kier alpha value is -4.12. The van der Waals surface area contributed by atoms with Crippen molar-refractivity contribution < 1.29 is 31.9 Å². The molecule has 1 aliphatic carbocycles. The molecule has 4 rings (SSSR count). The first kappa shape index (κ1) is 31.8. The van der Waals surface area contributed by atoms with Crippen LogP contribution in [0, 0.1) is 12.7 Å². The molecule has 1 aliphatic rings. The summed E-state index contributed by atoms with van der Waals surface area (Å²) in [6.45, 7) is 3.03. The fourth-order valence-electron chi connectivity index (χ4n) is 5.22. The summed E-state index contributed by atoms with van der Waals surface area (Å²) in [5.74, 6) is -0.936. The van der Waals surface area contributed by atoms with Crippen LogP contribution in [0.2, 0.25) is 0 Å².